The molecule has 7 nitrogen and oxygen atoms in total. The van der Waals surface area contributed by atoms with E-state index in [2.05, 4.69) is 10.6 Å². The smallest absolute Gasteiger partial charge is 0.247 e. The number of nitrogens with two attached hydrogens (primary N) is 1. The number of halogens is 1. The number of amides is 1. The van der Waals surface area contributed by atoms with Crippen LogP contribution in [0.1, 0.15) is 22.7 Å². The number of phenols is 1. The highest BCUT2D eigenvalue weighted by atomic mass is 35.5. The number of nitrogens with one attached hydrogen (secondary N) is 3. The zero-order valence-corrected chi connectivity index (χ0v) is 17.8. The summed E-state index contributed by atoms with van der Waals surface area (Å²) in [6.07, 6.45) is 0. The summed E-state index contributed by atoms with van der Waals surface area (Å²) in [7, 11) is 1.51. The molecule has 0 bridgehead atoms. The first kappa shape index (κ1) is 23.6. The summed E-state index contributed by atoms with van der Waals surface area (Å²) in [5.41, 5.74) is 8.11. The number of hydrogen-bond donors (Lipinski definition) is 5. The van der Waals surface area contributed by atoms with Crippen molar-refractivity contribution in [2.75, 3.05) is 12.4 Å². The van der Waals surface area contributed by atoms with Gasteiger partial charge in [-0.05, 0) is 42.0 Å². The minimum Gasteiger partial charge on any atom is -0.507 e. The molecule has 0 saturated heterocycles. The Bertz CT molecular complexity index is 1030. The Hall–Kier alpha value is -3.71. The average molecular weight is 441 g/mol. The fourth-order valence-electron chi connectivity index (χ4n) is 2.98. The van der Waals surface area contributed by atoms with E-state index in [-0.39, 0.29) is 29.9 Å². The zero-order valence-electron chi connectivity index (χ0n) is 17.0. The second-order valence-electron chi connectivity index (χ2n) is 6.70. The van der Waals surface area contributed by atoms with Gasteiger partial charge in [0, 0.05) is 29.4 Å². The SMILES string of the molecule is COc1ccc([C@H](Nc2ccc(C(=N)N)cc2)C(=O)NCc2ccccc2)c(O)c1.Cl. The largest absolute Gasteiger partial charge is 0.507 e. The first-order valence-corrected chi connectivity index (χ1v) is 9.37. The number of amidine groups is 1. The quantitative estimate of drug-likeness (QED) is 0.271. The number of anilines is 1. The number of hydrogen-bond acceptors (Lipinski definition) is 5. The molecule has 0 saturated carbocycles. The van der Waals surface area contributed by atoms with Gasteiger partial charge < -0.3 is 26.2 Å². The van der Waals surface area contributed by atoms with Crippen molar-refractivity contribution in [1.82, 2.24) is 5.32 Å². The average Bonchev–Trinajstić information content (AvgIpc) is 2.77. The number of methoxy groups -OCH3 is 1. The number of carbonyl (C=O) groups is 1. The molecule has 0 aromatic heterocycles. The molecule has 1 atom stereocenters. The van der Waals surface area contributed by atoms with Crippen LogP contribution in [-0.4, -0.2) is 24.0 Å². The second kappa shape index (κ2) is 10.9. The van der Waals surface area contributed by atoms with Crippen LogP contribution in [0.25, 0.3) is 0 Å². The van der Waals surface area contributed by atoms with Gasteiger partial charge >= 0.3 is 0 Å². The maximum Gasteiger partial charge on any atom is 0.247 e. The first-order chi connectivity index (χ1) is 14.5. The summed E-state index contributed by atoms with van der Waals surface area (Å²) in [4.78, 5) is 13.0. The van der Waals surface area contributed by atoms with Crippen LogP contribution in [-0.2, 0) is 11.3 Å². The van der Waals surface area contributed by atoms with Crippen molar-refractivity contribution in [1.29, 1.82) is 5.41 Å². The molecule has 6 N–H and O–H groups in total. The fraction of sp³-hybridized carbons (Fsp3) is 0.130. The van der Waals surface area contributed by atoms with Crippen molar-refractivity contribution in [3.63, 3.8) is 0 Å². The molecular formula is C23H25ClN4O3. The summed E-state index contributed by atoms with van der Waals surface area (Å²) in [5.74, 6) is 0.106. The van der Waals surface area contributed by atoms with E-state index in [1.807, 2.05) is 30.3 Å². The van der Waals surface area contributed by atoms with Gasteiger partial charge in [0.15, 0.2) is 0 Å². The molecule has 0 spiro atoms. The Morgan fingerprint density at radius 2 is 1.77 bits per heavy atom. The fourth-order valence-corrected chi connectivity index (χ4v) is 2.98. The van der Waals surface area contributed by atoms with Crippen LogP contribution >= 0.6 is 12.4 Å². The minimum absolute atomic E-state index is 0. The molecule has 0 unspecified atom stereocenters. The third-order valence-electron chi connectivity index (χ3n) is 4.63. The number of phenolic OH excluding ortho intramolecular Hbond substituents is 1. The lowest BCUT2D eigenvalue weighted by atomic mass is 10.0. The van der Waals surface area contributed by atoms with Crippen LogP contribution in [0.4, 0.5) is 5.69 Å². The number of ether oxygens (including phenoxy) is 1. The van der Waals surface area contributed by atoms with Crippen molar-refractivity contribution in [3.05, 3.63) is 89.5 Å². The number of rotatable bonds is 8. The van der Waals surface area contributed by atoms with Crippen LogP contribution in [0, 0.1) is 5.41 Å². The van der Waals surface area contributed by atoms with E-state index in [9.17, 15) is 9.90 Å². The molecular weight excluding hydrogens is 416 g/mol. The Labute approximate surface area is 187 Å². The van der Waals surface area contributed by atoms with Gasteiger partial charge in [-0.15, -0.1) is 12.4 Å². The van der Waals surface area contributed by atoms with Gasteiger partial charge in [0.1, 0.15) is 23.4 Å². The van der Waals surface area contributed by atoms with Crippen LogP contribution in [0.5, 0.6) is 11.5 Å². The van der Waals surface area contributed by atoms with E-state index in [4.69, 9.17) is 15.9 Å². The summed E-state index contributed by atoms with van der Waals surface area (Å²) < 4.78 is 5.14. The van der Waals surface area contributed by atoms with Crippen molar-refractivity contribution in [2.45, 2.75) is 12.6 Å². The lowest BCUT2D eigenvalue weighted by Crippen LogP contribution is -2.33. The van der Waals surface area contributed by atoms with Crippen LogP contribution < -0.4 is 21.1 Å². The maximum atomic E-state index is 13.0. The predicted molar refractivity (Wildman–Crippen MR) is 124 cm³/mol. The molecule has 0 aliphatic heterocycles. The summed E-state index contributed by atoms with van der Waals surface area (Å²) in [6, 6.07) is 20.4. The molecule has 0 heterocycles. The highest BCUT2D eigenvalue weighted by Gasteiger charge is 2.24. The van der Waals surface area contributed by atoms with E-state index >= 15 is 0 Å². The molecule has 0 fully saturated rings. The standard InChI is InChI=1S/C23H24N4O3.ClH/c1-30-18-11-12-19(20(28)13-18)21(23(29)26-14-15-5-3-2-4-6-15)27-17-9-7-16(8-10-17)22(24)25;/h2-13,21,27-28H,14H2,1H3,(H3,24,25)(H,26,29);1H/t21-;/m0./s1. The van der Waals surface area contributed by atoms with Gasteiger partial charge in [-0.2, -0.15) is 0 Å². The van der Waals surface area contributed by atoms with Gasteiger partial charge in [-0.3, -0.25) is 10.2 Å². The van der Waals surface area contributed by atoms with Crippen molar-refractivity contribution < 1.29 is 14.6 Å². The van der Waals surface area contributed by atoms with Crippen molar-refractivity contribution in [3.8, 4) is 11.5 Å². The summed E-state index contributed by atoms with van der Waals surface area (Å²) in [6.45, 7) is 0.359. The summed E-state index contributed by atoms with van der Waals surface area (Å²) in [5, 5.41) is 24.0. The Balaban J connectivity index is 0.00000341. The Morgan fingerprint density at radius 1 is 1.10 bits per heavy atom. The van der Waals surface area contributed by atoms with Crippen molar-refractivity contribution >= 4 is 29.8 Å². The molecule has 8 heteroatoms. The van der Waals surface area contributed by atoms with E-state index in [0.717, 1.165) is 5.56 Å². The number of aromatic hydroxyl groups is 1. The van der Waals surface area contributed by atoms with E-state index in [1.54, 1.807) is 36.4 Å². The molecule has 162 valence electrons. The molecule has 1 amide bonds. The van der Waals surface area contributed by atoms with Crippen LogP contribution in [0.15, 0.2) is 72.8 Å². The summed E-state index contributed by atoms with van der Waals surface area (Å²) >= 11 is 0. The third-order valence-corrected chi connectivity index (χ3v) is 4.63. The topological polar surface area (TPSA) is 120 Å². The van der Waals surface area contributed by atoms with E-state index in [1.165, 1.54) is 13.2 Å². The van der Waals surface area contributed by atoms with Gasteiger partial charge in [0.2, 0.25) is 5.91 Å². The maximum absolute atomic E-state index is 13.0. The minimum atomic E-state index is -0.845. The van der Waals surface area contributed by atoms with Gasteiger partial charge in [-0.1, -0.05) is 30.3 Å². The number of benzene rings is 3. The molecule has 31 heavy (non-hydrogen) atoms. The van der Waals surface area contributed by atoms with E-state index < -0.39 is 6.04 Å². The normalized spacial score (nSPS) is 11.0. The number of carbonyl (C=O) groups excluding carboxylic acids is 1. The van der Waals surface area contributed by atoms with Crippen LogP contribution in [0.3, 0.4) is 0 Å². The van der Waals surface area contributed by atoms with Gasteiger partial charge in [0.25, 0.3) is 0 Å². The highest BCUT2D eigenvalue weighted by molar-refractivity contribution is 5.95. The predicted octanol–water partition coefficient (Wildman–Crippen LogP) is 3.58. The molecule has 0 aliphatic rings. The lowest BCUT2D eigenvalue weighted by Gasteiger charge is -2.21. The Morgan fingerprint density at radius 3 is 2.35 bits per heavy atom. The van der Waals surface area contributed by atoms with Gasteiger partial charge in [-0.25, -0.2) is 0 Å². The van der Waals surface area contributed by atoms with Gasteiger partial charge in [0.05, 0.1) is 7.11 Å². The first-order valence-electron chi connectivity index (χ1n) is 9.37. The number of nitrogen functional groups attached to an aromatic ring is 1. The third kappa shape index (κ3) is 6.13. The molecule has 0 aliphatic carbocycles. The lowest BCUT2D eigenvalue weighted by molar-refractivity contribution is -0.122. The molecule has 3 aromatic carbocycles. The molecule has 3 aromatic rings. The Kier molecular flexibility index (Phi) is 8.28. The second-order valence-corrected chi connectivity index (χ2v) is 6.70. The molecule has 0 radical (unpaired) electrons. The van der Waals surface area contributed by atoms with E-state index in [0.29, 0.717) is 29.1 Å². The molecule has 3 rings (SSSR count). The van der Waals surface area contributed by atoms with Crippen LogP contribution in [0.2, 0.25) is 0 Å². The monoisotopic (exact) mass is 440 g/mol. The van der Waals surface area contributed by atoms with Crippen molar-refractivity contribution in [2.24, 2.45) is 5.73 Å². The zero-order chi connectivity index (χ0) is 21.5. The highest BCUT2D eigenvalue weighted by Crippen LogP contribution is 2.31.